The quantitative estimate of drug-likeness (QED) is 0.908. The molecule has 0 amide bonds. The van der Waals surface area contributed by atoms with E-state index >= 15 is 0 Å². The Morgan fingerprint density at radius 1 is 1.10 bits per heavy atom. The van der Waals surface area contributed by atoms with Crippen molar-refractivity contribution in [3.05, 3.63) is 58.7 Å². The van der Waals surface area contributed by atoms with Gasteiger partial charge in [-0.1, -0.05) is 43.3 Å². The Labute approximate surface area is 125 Å². The molecule has 0 aliphatic rings. The molecule has 0 unspecified atom stereocenters. The van der Waals surface area contributed by atoms with Crippen molar-refractivity contribution in [2.45, 2.75) is 26.7 Å². The van der Waals surface area contributed by atoms with E-state index in [1.165, 1.54) is 0 Å². The van der Waals surface area contributed by atoms with Crippen molar-refractivity contribution in [2.75, 3.05) is 6.61 Å². The first-order valence-corrected chi connectivity index (χ1v) is 7.05. The standard InChI is InChI=1S/C18H19NO2/c1-3-14-7-5-8-15(17(14)20)12-16-9-4-6-13(2)18(16)21-11-10-19/h4-9,20H,3,11-12H2,1-2H3. The second-order valence-electron chi connectivity index (χ2n) is 4.97. The molecule has 0 saturated carbocycles. The van der Waals surface area contributed by atoms with Gasteiger partial charge in [0.15, 0.2) is 6.61 Å². The molecule has 0 aromatic heterocycles. The van der Waals surface area contributed by atoms with Gasteiger partial charge < -0.3 is 9.84 Å². The van der Waals surface area contributed by atoms with Crippen LogP contribution in [0.3, 0.4) is 0 Å². The van der Waals surface area contributed by atoms with E-state index in [1.807, 2.05) is 56.3 Å². The molecule has 0 aliphatic carbocycles. The lowest BCUT2D eigenvalue weighted by Gasteiger charge is -2.14. The van der Waals surface area contributed by atoms with Crippen LogP contribution in [0.5, 0.6) is 11.5 Å². The Hall–Kier alpha value is -2.47. The number of nitrogens with zero attached hydrogens (tertiary/aromatic N) is 1. The van der Waals surface area contributed by atoms with Crippen molar-refractivity contribution >= 4 is 0 Å². The minimum absolute atomic E-state index is 0.0266. The number of hydrogen-bond donors (Lipinski definition) is 1. The molecule has 108 valence electrons. The molecule has 0 bridgehead atoms. The van der Waals surface area contributed by atoms with Crippen LogP contribution in [0.4, 0.5) is 0 Å². The van der Waals surface area contributed by atoms with Gasteiger partial charge in [0.05, 0.1) is 0 Å². The summed E-state index contributed by atoms with van der Waals surface area (Å²) in [5.74, 6) is 1.09. The minimum Gasteiger partial charge on any atom is -0.507 e. The largest absolute Gasteiger partial charge is 0.507 e. The molecular weight excluding hydrogens is 262 g/mol. The smallest absolute Gasteiger partial charge is 0.174 e. The fraction of sp³-hybridized carbons (Fsp3) is 0.278. The molecule has 0 aliphatic heterocycles. The maximum Gasteiger partial charge on any atom is 0.174 e. The molecule has 1 N–H and O–H groups in total. The number of phenolic OH excluding ortho intramolecular Hbond substituents is 1. The lowest BCUT2D eigenvalue weighted by atomic mass is 9.98. The van der Waals surface area contributed by atoms with Crippen LogP contribution in [0.25, 0.3) is 0 Å². The Bertz CT molecular complexity index is 671. The predicted octanol–water partition coefficient (Wildman–Crippen LogP) is 3.76. The third-order valence-electron chi connectivity index (χ3n) is 3.54. The molecule has 2 rings (SSSR count). The molecular formula is C18H19NO2. The number of phenols is 1. The highest BCUT2D eigenvalue weighted by atomic mass is 16.5. The van der Waals surface area contributed by atoms with E-state index in [2.05, 4.69) is 0 Å². The zero-order chi connectivity index (χ0) is 15.2. The fourth-order valence-electron chi connectivity index (χ4n) is 2.44. The normalized spacial score (nSPS) is 10.1. The van der Waals surface area contributed by atoms with Crippen molar-refractivity contribution < 1.29 is 9.84 Å². The number of benzene rings is 2. The van der Waals surface area contributed by atoms with Crippen LogP contribution in [0.2, 0.25) is 0 Å². The van der Waals surface area contributed by atoms with Gasteiger partial charge in [-0.05, 0) is 35.6 Å². The van der Waals surface area contributed by atoms with E-state index in [-0.39, 0.29) is 6.61 Å². The van der Waals surface area contributed by atoms with Crippen molar-refractivity contribution in [3.8, 4) is 17.6 Å². The molecule has 3 heteroatoms. The topological polar surface area (TPSA) is 53.2 Å². The van der Waals surface area contributed by atoms with Crippen LogP contribution in [0.15, 0.2) is 36.4 Å². The van der Waals surface area contributed by atoms with E-state index in [0.29, 0.717) is 12.2 Å². The van der Waals surface area contributed by atoms with Crippen molar-refractivity contribution in [1.29, 1.82) is 5.26 Å². The summed E-state index contributed by atoms with van der Waals surface area (Å²) >= 11 is 0. The van der Waals surface area contributed by atoms with Crippen LogP contribution in [-0.2, 0) is 12.8 Å². The Kier molecular flexibility index (Phi) is 4.84. The van der Waals surface area contributed by atoms with Crippen molar-refractivity contribution in [1.82, 2.24) is 0 Å². The minimum atomic E-state index is 0.0266. The number of aromatic hydroxyl groups is 1. The summed E-state index contributed by atoms with van der Waals surface area (Å²) in [6, 6.07) is 13.7. The second kappa shape index (κ2) is 6.81. The van der Waals surface area contributed by atoms with Gasteiger partial charge in [-0.15, -0.1) is 0 Å². The number of ether oxygens (including phenoxy) is 1. The maximum atomic E-state index is 10.3. The number of para-hydroxylation sites is 2. The summed E-state index contributed by atoms with van der Waals surface area (Å²) in [6.07, 6.45) is 1.38. The summed E-state index contributed by atoms with van der Waals surface area (Å²) < 4.78 is 5.54. The molecule has 0 heterocycles. The molecule has 0 atom stereocenters. The summed E-state index contributed by atoms with van der Waals surface area (Å²) in [6.45, 7) is 4.00. The Morgan fingerprint density at radius 2 is 1.76 bits per heavy atom. The van der Waals surface area contributed by atoms with E-state index in [0.717, 1.165) is 34.4 Å². The number of rotatable bonds is 5. The number of aryl methyl sites for hydroxylation is 2. The third kappa shape index (κ3) is 3.35. The summed E-state index contributed by atoms with van der Waals surface area (Å²) in [7, 11) is 0. The Morgan fingerprint density at radius 3 is 2.48 bits per heavy atom. The number of nitriles is 1. The molecule has 0 radical (unpaired) electrons. The molecule has 0 fully saturated rings. The van der Waals surface area contributed by atoms with Crippen molar-refractivity contribution in [3.63, 3.8) is 0 Å². The van der Waals surface area contributed by atoms with E-state index in [9.17, 15) is 5.11 Å². The first-order valence-electron chi connectivity index (χ1n) is 7.05. The maximum absolute atomic E-state index is 10.3. The summed E-state index contributed by atoms with van der Waals surface area (Å²) in [5.41, 5.74) is 3.80. The third-order valence-corrected chi connectivity index (χ3v) is 3.54. The highest BCUT2D eigenvalue weighted by Gasteiger charge is 2.11. The zero-order valence-corrected chi connectivity index (χ0v) is 12.4. The average Bonchev–Trinajstić information content (AvgIpc) is 2.49. The van der Waals surface area contributed by atoms with Gasteiger partial charge in [0.1, 0.15) is 17.6 Å². The monoisotopic (exact) mass is 281 g/mol. The molecule has 21 heavy (non-hydrogen) atoms. The zero-order valence-electron chi connectivity index (χ0n) is 12.4. The highest BCUT2D eigenvalue weighted by molar-refractivity contribution is 5.48. The number of hydrogen-bond acceptors (Lipinski definition) is 3. The molecule has 0 saturated heterocycles. The van der Waals surface area contributed by atoms with Crippen LogP contribution >= 0.6 is 0 Å². The predicted molar refractivity (Wildman–Crippen MR) is 82.6 cm³/mol. The van der Waals surface area contributed by atoms with Gasteiger partial charge in [0, 0.05) is 6.42 Å². The van der Waals surface area contributed by atoms with Gasteiger partial charge in [0.25, 0.3) is 0 Å². The van der Waals surface area contributed by atoms with Crippen molar-refractivity contribution in [2.24, 2.45) is 0 Å². The molecule has 0 spiro atoms. The summed E-state index contributed by atoms with van der Waals surface area (Å²) in [5, 5.41) is 19.0. The lowest BCUT2D eigenvalue weighted by Crippen LogP contribution is -2.01. The average molecular weight is 281 g/mol. The van der Waals surface area contributed by atoms with E-state index in [1.54, 1.807) is 0 Å². The lowest BCUT2D eigenvalue weighted by molar-refractivity contribution is 0.362. The fourth-order valence-corrected chi connectivity index (χ4v) is 2.44. The summed E-state index contributed by atoms with van der Waals surface area (Å²) in [4.78, 5) is 0. The van der Waals surface area contributed by atoms with Crippen LogP contribution in [0.1, 0.15) is 29.2 Å². The second-order valence-corrected chi connectivity index (χ2v) is 4.97. The van der Waals surface area contributed by atoms with Crippen LogP contribution < -0.4 is 4.74 Å². The van der Waals surface area contributed by atoms with E-state index < -0.39 is 0 Å². The molecule has 2 aromatic rings. The SMILES string of the molecule is CCc1cccc(Cc2cccc(C)c2OCC#N)c1O. The van der Waals surface area contributed by atoms with Crippen LogP contribution in [-0.4, -0.2) is 11.7 Å². The highest BCUT2D eigenvalue weighted by Crippen LogP contribution is 2.30. The Balaban J connectivity index is 2.36. The van der Waals surface area contributed by atoms with E-state index in [4.69, 9.17) is 10.00 Å². The van der Waals surface area contributed by atoms with Gasteiger partial charge in [-0.25, -0.2) is 0 Å². The molecule has 3 nitrogen and oxygen atoms in total. The van der Waals surface area contributed by atoms with Gasteiger partial charge in [-0.3, -0.25) is 0 Å². The van der Waals surface area contributed by atoms with Crippen LogP contribution in [0, 0.1) is 18.3 Å². The van der Waals surface area contributed by atoms with Gasteiger partial charge in [0.2, 0.25) is 0 Å². The first kappa shape index (κ1) is 14.9. The first-order chi connectivity index (χ1) is 10.2. The van der Waals surface area contributed by atoms with Gasteiger partial charge in [-0.2, -0.15) is 5.26 Å². The molecule has 2 aromatic carbocycles. The van der Waals surface area contributed by atoms with Gasteiger partial charge >= 0.3 is 0 Å².